The van der Waals surface area contributed by atoms with Crippen molar-refractivity contribution < 1.29 is 8.42 Å². The van der Waals surface area contributed by atoms with E-state index >= 15 is 0 Å². The van der Waals surface area contributed by atoms with Gasteiger partial charge in [0.25, 0.3) is 0 Å². The maximum absolute atomic E-state index is 12.4. The SMILES string of the molecule is CC1CCCCN1S(=O)(=O)Nc1ccc(I)cc1Br. The number of hydrogen-bond acceptors (Lipinski definition) is 2. The molecular weight excluding hydrogens is 443 g/mol. The summed E-state index contributed by atoms with van der Waals surface area (Å²) in [6.45, 7) is 2.56. The minimum atomic E-state index is -3.47. The third-order valence-electron chi connectivity index (χ3n) is 3.22. The van der Waals surface area contributed by atoms with E-state index < -0.39 is 10.2 Å². The van der Waals surface area contributed by atoms with Gasteiger partial charge in [-0.25, -0.2) is 0 Å². The van der Waals surface area contributed by atoms with Gasteiger partial charge in [-0.2, -0.15) is 12.7 Å². The van der Waals surface area contributed by atoms with Crippen LogP contribution in [0.25, 0.3) is 0 Å². The largest absolute Gasteiger partial charge is 0.301 e. The Labute approximate surface area is 136 Å². The lowest BCUT2D eigenvalue weighted by Crippen LogP contribution is -2.44. The van der Waals surface area contributed by atoms with Crippen LogP contribution in [0.5, 0.6) is 0 Å². The molecule has 0 saturated carbocycles. The van der Waals surface area contributed by atoms with Crippen molar-refractivity contribution in [3.8, 4) is 0 Å². The number of nitrogens with one attached hydrogen (secondary N) is 1. The lowest BCUT2D eigenvalue weighted by molar-refractivity contribution is 0.270. The van der Waals surface area contributed by atoms with E-state index in [4.69, 9.17) is 0 Å². The van der Waals surface area contributed by atoms with Crippen molar-refractivity contribution in [1.82, 2.24) is 4.31 Å². The van der Waals surface area contributed by atoms with Crippen molar-refractivity contribution in [3.05, 3.63) is 26.2 Å². The first-order chi connectivity index (χ1) is 8.90. The lowest BCUT2D eigenvalue weighted by atomic mass is 10.1. The van der Waals surface area contributed by atoms with Gasteiger partial charge in [0.2, 0.25) is 0 Å². The van der Waals surface area contributed by atoms with Crippen LogP contribution in [0.2, 0.25) is 0 Å². The van der Waals surface area contributed by atoms with Gasteiger partial charge in [-0.3, -0.25) is 4.72 Å². The Hall–Kier alpha value is 0.140. The molecule has 19 heavy (non-hydrogen) atoms. The highest BCUT2D eigenvalue weighted by molar-refractivity contribution is 14.1. The highest BCUT2D eigenvalue weighted by Gasteiger charge is 2.29. The maximum atomic E-state index is 12.4. The molecule has 2 rings (SSSR count). The Balaban J connectivity index is 2.20. The fraction of sp³-hybridized carbons (Fsp3) is 0.500. The highest BCUT2D eigenvalue weighted by Crippen LogP contribution is 2.27. The molecule has 1 atom stereocenters. The normalized spacial score (nSPS) is 21.3. The van der Waals surface area contributed by atoms with Crippen LogP contribution in [-0.4, -0.2) is 25.3 Å². The molecule has 1 N–H and O–H groups in total. The fourth-order valence-electron chi connectivity index (χ4n) is 2.20. The molecule has 106 valence electrons. The van der Waals surface area contributed by atoms with E-state index in [1.165, 1.54) is 0 Å². The molecule has 1 aromatic rings. The van der Waals surface area contributed by atoms with Crippen molar-refractivity contribution in [3.63, 3.8) is 0 Å². The Bertz CT molecular complexity index is 565. The topological polar surface area (TPSA) is 49.4 Å². The summed E-state index contributed by atoms with van der Waals surface area (Å²) < 4.78 is 30.8. The van der Waals surface area contributed by atoms with Crippen molar-refractivity contribution in [2.45, 2.75) is 32.2 Å². The summed E-state index contributed by atoms with van der Waals surface area (Å²) in [5, 5.41) is 0. The number of rotatable bonds is 3. The zero-order valence-electron chi connectivity index (χ0n) is 10.6. The van der Waals surface area contributed by atoms with E-state index in [0.29, 0.717) is 12.2 Å². The van der Waals surface area contributed by atoms with Crippen LogP contribution in [0, 0.1) is 3.57 Å². The number of nitrogens with zero attached hydrogens (tertiary/aromatic N) is 1. The first-order valence-electron chi connectivity index (χ1n) is 6.15. The molecular formula is C12H16BrIN2O2S. The van der Waals surface area contributed by atoms with Gasteiger partial charge in [-0.05, 0) is 76.5 Å². The van der Waals surface area contributed by atoms with Crippen molar-refractivity contribution >= 4 is 54.4 Å². The second-order valence-corrected chi connectivity index (χ2v) is 8.41. The zero-order valence-corrected chi connectivity index (χ0v) is 15.1. The summed E-state index contributed by atoms with van der Waals surface area (Å²) in [6, 6.07) is 5.60. The monoisotopic (exact) mass is 458 g/mol. The number of benzene rings is 1. The van der Waals surface area contributed by atoms with Crippen molar-refractivity contribution in [2.24, 2.45) is 0 Å². The molecule has 1 aliphatic heterocycles. The average Bonchev–Trinajstić information content (AvgIpc) is 2.33. The number of hydrogen-bond donors (Lipinski definition) is 1. The smallest absolute Gasteiger partial charge is 0.270 e. The summed E-state index contributed by atoms with van der Waals surface area (Å²) in [5.74, 6) is 0. The molecule has 0 amide bonds. The van der Waals surface area contributed by atoms with E-state index in [2.05, 4.69) is 43.2 Å². The summed E-state index contributed by atoms with van der Waals surface area (Å²) in [4.78, 5) is 0. The third-order valence-corrected chi connectivity index (χ3v) is 6.19. The molecule has 0 bridgehead atoms. The van der Waals surface area contributed by atoms with Gasteiger partial charge in [0.1, 0.15) is 0 Å². The molecule has 0 aliphatic carbocycles. The van der Waals surface area contributed by atoms with Crippen LogP contribution < -0.4 is 4.72 Å². The first-order valence-corrected chi connectivity index (χ1v) is 9.46. The minimum Gasteiger partial charge on any atom is -0.270 e. The molecule has 1 heterocycles. The standard InChI is InChI=1S/C12H16BrIN2O2S/c1-9-4-2-3-7-16(9)19(17,18)15-12-6-5-10(14)8-11(12)13/h5-6,8-9,15H,2-4,7H2,1H3. The molecule has 7 heteroatoms. The number of piperidine rings is 1. The molecule has 1 aromatic carbocycles. The maximum Gasteiger partial charge on any atom is 0.301 e. The molecule has 0 aromatic heterocycles. The zero-order chi connectivity index (χ0) is 14.0. The van der Waals surface area contributed by atoms with Gasteiger partial charge in [-0.15, -0.1) is 0 Å². The quantitative estimate of drug-likeness (QED) is 0.703. The van der Waals surface area contributed by atoms with Crippen molar-refractivity contribution in [1.29, 1.82) is 0 Å². The van der Waals surface area contributed by atoms with Gasteiger partial charge in [0.15, 0.2) is 0 Å². The molecule has 1 fully saturated rings. The Kier molecular flexibility index (Phi) is 5.13. The van der Waals surface area contributed by atoms with Crippen LogP contribution >= 0.6 is 38.5 Å². The van der Waals surface area contributed by atoms with Crippen LogP contribution in [0.4, 0.5) is 5.69 Å². The Morgan fingerprint density at radius 1 is 1.42 bits per heavy atom. The molecule has 0 radical (unpaired) electrons. The average molecular weight is 459 g/mol. The van der Waals surface area contributed by atoms with E-state index in [1.54, 1.807) is 10.4 Å². The second-order valence-electron chi connectivity index (χ2n) is 4.69. The third kappa shape index (κ3) is 3.83. The van der Waals surface area contributed by atoms with E-state index in [1.807, 2.05) is 19.1 Å². The lowest BCUT2D eigenvalue weighted by Gasteiger charge is -2.32. The minimum absolute atomic E-state index is 0.0638. The molecule has 0 spiro atoms. The predicted molar refractivity (Wildman–Crippen MR) is 89.4 cm³/mol. The summed E-state index contributed by atoms with van der Waals surface area (Å²) in [5.41, 5.74) is 0.582. The molecule has 4 nitrogen and oxygen atoms in total. The van der Waals surface area contributed by atoms with Gasteiger partial charge in [0.05, 0.1) is 5.69 Å². The van der Waals surface area contributed by atoms with Crippen LogP contribution in [0.15, 0.2) is 22.7 Å². The van der Waals surface area contributed by atoms with Crippen molar-refractivity contribution in [2.75, 3.05) is 11.3 Å². The van der Waals surface area contributed by atoms with E-state index in [0.717, 1.165) is 27.3 Å². The second kappa shape index (κ2) is 6.28. The van der Waals surface area contributed by atoms with Gasteiger partial charge in [-0.1, -0.05) is 6.42 Å². The molecule has 1 unspecified atom stereocenters. The molecule has 1 aliphatic rings. The predicted octanol–water partition coefficient (Wildman–Crippen LogP) is 3.58. The van der Waals surface area contributed by atoms with E-state index in [9.17, 15) is 8.42 Å². The van der Waals surface area contributed by atoms with Crippen LogP contribution in [-0.2, 0) is 10.2 Å². The summed E-state index contributed by atoms with van der Waals surface area (Å²) in [7, 11) is -3.47. The van der Waals surface area contributed by atoms with Crippen LogP contribution in [0.1, 0.15) is 26.2 Å². The highest BCUT2D eigenvalue weighted by atomic mass is 127. The Morgan fingerprint density at radius 2 is 2.16 bits per heavy atom. The molecule has 1 saturated heterocycles. The van der Waals surface area contributed by atoms with Crippen LogP contribution in [0.3, 0.4) is 0 Å². The van der Waals surface area contributed by atoms with Gasteiger partial charge < -0.3 is 0 Å². The number of anilines is 1. The summed E-state index contributed by atoms with van der Waals surface area (Å²) in [6.07, 6.45) is 2.95. The first kappa shape index (κ1) is 15.5. The van der Waals surface area contributed by atoms with Gasteiger partial charge >= 0.3 is 10.2 Å². The summed E-state index contributed by atoms with van der Waals surface area (Å²) >= 11 is 5.58. The van der Waals surface area contributed by atoms with E-state index in [-0.39, 0.29) is 6.04 Å². The number of halogens is 2. The fourth-order valence-corrected chi connectivity index (χ4v) is 5.25. The Morgan fingerprint density at radius 3 is 2.79 bits per heavy atom. The van der Waals surface area contributed by atoms with Gasteiger partial charge in [0, 0.05) is 20.6 Å².